The zero-order valence-corrected chi connectivity index (χ0v) is 10.5. The monoisotopic (exact) mass is 253 g/mol. The lowest BCUT2D eigenvalue weighted by molar-refractivity contribution is 0.449. The van der Waals surface area contributed by atoms with Crippen LogP contribution in [0, 0.1) is 0 Å². The largest absolute Gasteiger partial charge is 0.426 e. The number of nitrogens with zero attached hydrogens (tertiary/aromatic N) is 1. The van der Waals surface area contributed by atoms with Crippen molar-refractivity contribution in [2.24, 2.45) is 5.73 Å². The molecule has 0 fully saturated rings. The number of para-hydroxylation sites is 2. The standard InChI is InChI=1S/C15H15N3O/c16-10-9-11-5-7-12(8-6-11)19-15-17-13-3-1-2-4-14(13)18-15/h1-8H,9-10,16H2,(H,17,18). The Labute approximate surface area is 111 Å². The summed E-state index contributed by atoms with van der Waals surface area (Å²) in [7, 11) is 0. The van der Waals surface area contributed by atoms with E-state index in [9.17, 15) is 0 Å². The summed E-state index contributed by atoms with van der Waals surface area (Å²) in [6.07, 6.45) is 0.880. The van der Waals surface area contributed by atoms with E-state index in [-0.39, 0.29) is 0 Å². The summed E-state index contributed by atoms with van der Waals surface area (Å²) in [5, 5.41) is 0. The highest BCUT2D eigenvalue weighted by Gasteiger charge is 2.04. The highest BCUT2D eigenvalue weighted by atomic mass is 16.5. The smallest absolute Gasteiger partial charge is 0.300 e. The number of aromatic amines is 1. The number of rotatable bonds is 4. The maximum Gasteiger partial charge on any atom is 0.300 e. The Kier molecular flexibility index (Phi) is 3.16. The van der Waals surface area contributed by atoms with Crippen LogP contribution in [0.1, 0.15) is 5.56 Å². The van der Waals surface area contributed by atoms with Crippen molar-refractivity contribution in [2.75, 3.05) is 6.54 Å². The van der Waals surface area contributed by atoms with Gasteiger partial charge in [0.2, 0.25) is 0 Å². The van der Waals surface area contributed by atoms with Gasteiger partial charge in [-0.3, -0.25) is 0 Å². The van der Waals surface area contributed by atoms with Crippen LogP contribution in [0.25, 0.3) is 11.0 Å². The third kappa shape index (κ3) is 2.58. The van der Waals surface area contributed by atoms with Crippen LogP contribution in [-0.4, -0.2) is 16.5 Å². The van der Waals surface area contributed by atoms with Gasteiger partial charge in [0.05, 0.1) is 11.0 Å². The van der Waals surface area contributed by atoms with Gasteiger partial charge in [0, 0.05) is 0 Å². The number of hydrogen-bond acceptors (Lipinski definition) is 3. The van der Waals surface area contributed by atoms with Crippen LogP contribution in [0.3, 0.4) is 0 Å². The minimum atomic E-state index is 0.507. The number of H-pyrrole nitrogens is 1. The number of ether oxygens (including phenoxy) is 1. The maximum atomic E-state index is 5.70. The van der Waals surface area contributed by atoms with Crippen molar-refractivity contribution in [2.45, 2.75) is 6.42 Å². The summed E-state index contributed by atoms with van der Waals surface area (Å²) in [5.41, 5.74) is 8.60. The number of nitrogens with one attached hydrogen (secondary N) is 1. The van der Waals surface area contributed by atoms with Crippen LogP contribution in [0.15, 0.2) is 48.5 Å². The molecule has 0 spiro atoms. The van der Waals surface area contributed by atoms with Crippen LogP contribution < -0.4 is 10.5 Å². The summed E-state index contributed by atoms with van der Waals surface area (Å²) in [6.45, 7) is 0.657. The number of hydrogen-bond donors (Lipinski definition) is 2. The van der Waals surface area contributed by atoms with E-state index in [4.69, 9.17) is 10.5 Å². The molecule has 1 aromatic heterocycles. The Bertz CT molecular complexity index is 640. The van der Waals surface area contributed by atoms with Crippen molar-refractivity contribution >= 4 is 11.0 Å². The lowest BCUT2D eigenvalue weighted by atomic mass is 10.1. The highest BCUT2D eigenvalue weighted by molar-refractivity contribution is 5.75. The van der Waals surface area contributed by atoms with Crippen molar-refractivity contribution < 1.29 is 4.74 Å². The summed E-state index contributed by atoms with van der Waals surface area (Å²) < 4.78 is 5.70. The van der Waals surface area contributed by atoms with Crippen molar-refractivity contribution in [3.63, 3.8) is 0 Å². The Balaban J connectivity index is 1.80. The zero-order valence-electron chi connectivity index (χ0n) is 10.5. The molecule has 4 nitrogen and oxygen atoms in total. The van der Waals surface area contributed by atoms with Crippen molar-refractivity contribution in [1.82, 2.24) is 9.97 Å². The molecule has 0 saturated carbocycles. The van der Waals surface area contributed by atoms with E-state index in [0.717, 1.165) is 23.2 Å². The third-order valence-electron chi connectivity index (χ3n) is 2.94. The molecule has 0 saturated heterocycles. The third-order valence-corrected chi connectivity index (χ3v) is 2.94. The van der Waals surface area contributed by atoms with Gasteiger partial charge in [-0.05, 0) is 42.8 Å². The van der Waals surface area contributed by atoms with Gasteiger partial charge in [-0.1, -0.05) is 24.3 Å². The molecule has 0 atom stereocenters. The summed E-state index contributed by atoms with van der Waals surface area (Å²) in [5.74, 6) is 0.764. The van der Waals surface area contributed by atoms with Gasteiger partial charge in [-0.25, -0.2) is 0 Å². The van der Waals surface area contributed by atoms with Crippen LogP contribution in [0.5, 0.6) is 11.8 Å². The second-order valence-electron chi connectivity index (χ2n) is 4.34. The first-order valence-electron chi connectivity index (χ1n) is 6.27. The van der Waals surface area contributed by atoms with Gasteiger partial charge in [0.25, 0.3) is 6.01 Å². The molecule has 3 rings (SSSR count). The molecule has 0 aliphatic carbocycles. The van der Waals surface area contributed by atoms with Crippen molar-refractivity contribution in [3.05, 3.63) is 54.1 Å². The number of aromatic nitrogens is 2. The van der Waals surface area contributed by atoms with Gasteiger partial charge in [0.15, 0.2) is 0 Å². The van der Waals surface area contributed by atoms with Crippen molar-refractivity contribution in [1.29, 1.82) is 0 Å². The molecular weight excluding hydrogens is 238 g/mol. The van der Waals surface area contributed by atoms with Gasteiger partial charge >= 0.3 is 0 Å². The molecule has 3 N–H and O–H groups in total. The Morgan fingerprint density at radius 2 is 1.84 bits per heavy atom. The first-order valence-corrected chi connectivity index (χ1v) is 6.27. The molecule has 0 aliphatic heterocycles. The fraction of sp³-hybridized carbons (Fsp3) is 0.133. The minimum Gasteiger partial charge on any atom is -0.426 e. The first kappa shape index (κ1) is 11.7. The molecule has 0 unspecified atom stereocenters. The predicted molar refractivity (Wildman–Crippen MR) is 75.4 cm³/mol. The molecule has 0 radical (unpaired) electrons. The highest BCUT2D eigenvalue weighted by Crippen LogP contribution is 2.22. The number of nitrogens with two attached hydrogens (primary N) is 1. The maximum absolute atomic E-state index is 5.70. The fourth-order valence-electron chi connectivity index (χ4n) is 1.98. The van der Waals surface area contributed by atoms with Crippen LogP contribution in [0.4, 0.5) is 0 Å². The number of imidazole rings is 1. The van der Waals surface area contributed by atoms with Gasteiger partial charge in [0.1, 0.15) is 5.75 Å². The zero-order chi connectivity index (χ0) is 13.1. The molecule has 0 aliphatic rings. The first-order chi connectivity index (χ1) is 9.35. The second-order valence-corrected chi connectivity index (χ2v) is 4.34. The molecule has 96 valence electrons. The summed E-state index contributed by atoms with van der Waals surface area (Å²) in [4.78, 5) is 7.50. The molecule has 4 heteroatoms. The molecule has 0 amide bonds. The molecule has 0 bridgehead atoms. The molecule has 19 heavy (non-hydrogen) atoms. The van der Waals surface area contributed by atoms with Crippen LogP contribution in [0.2, 0.25) is 0 Å². The lowest BCUT2D eigenvalue weighted by Crippen LogP contribution is -2.02. The van der Waals surface area contributed by atoms with Gasteiger partial charge in [-0.15, -0.1) is 0 Å². The lowest BCUT2D eigenvalue weighted by Gasteiger charge is -2.03. The topological polar surface area (TPSA) is 63.9 Å². The van der Waals surface area contributed by atoms with Gasteiger partial charge < -0.3 is 15.5 Å². The van der Waals surface area contributed by atoms with E-state index < -0.39 is 0 Å². The van der Waals surface area contributed by atoms with E-state index in [1.165, 1.54) is 5.56 Å². The predicted octanol–water partition coefficient (Wildman–Crippen LogP) is 2.86. The molecule has 2 aromatic carbocycles. The van der Waals surface area contributed by atoms with E-state index in [1.54, 1.807) is 0 Å². The van der Waals surface area contributed by atoms with Crippen LogP contribution >= 0.6 is 0 Å². The average Bonchev–Trinajstić information content (AvgIpc) is 2.83. The Morgan fingerprint density at radius 1 is 1.05 bits per heavy atom. The summed E-state index contributed by atoms with van der Waals surface area (Å²) >= 11 is 0. The average molecular weight is 253 g/mol. The second kappa shape index (κ2) is 5.12. The van der Waals surface area contributed by atoms with E-state index in [0.29, 0.717) is 12.6 Å². The molecule has 3 aromatic rings. The number of fused-ring (bicyclic) bond motifs is 1. The molecular formula is C15H15N3O. The SMILES string of the molecule is NCCc1ccc(Oc2nc3ccccc3[nH]2)cc1. The van der Waals surface area contributed by atoms with Crippen LogP contribution in [-0.2, 0) is 6.42 Å². The Hall–Kier alpha value is -2.33. The molecule has 1 heterocycles. The quantitative estimate of drug-likeness (QED) is 0.751. The van der Waals surface area contributed by atoms with E-state index in [2.05, 4.69) is 9.97 Å². The minimum absolute atomic E-state index is 0.507. The summed E-state index contributed by atoms with van der Waals surface area (Å²) in [6, 6.07) is 16.2. The number of benzene rings is 2. The van der Waals surface area contributed by atoms with Gasteiger partial charge in [-0.2, -0.15) is 4.98 Å². The normalized spacial score (nSPS) is 10.8. The Morgan fingerprint density at radius 3 is 2.58 bits per heavy atom. The van der Waals surface area contributed by atoms with E-state index in [1.807, 2.05) is 48.5 Å². The fourth-order valence-corrected chi connectivity index (χ4v) is 1.98. The van der Waals surface area contributed by atoms with Crippen molar-refractivity contribution in [3.8, 4) is 11.8 Å². The van der Waals surface area contributed by atoms with E-state index >= 15 is 0 Å².